The number of ether oxygens (including phenoxy) is 1. The molecule has 0 atom stereocenters. The number of benzene rings is 1. The smallest absolute Gasteiger partial charge is 0.125 e. The Hall–Kier alpha value is -1.02. The summed E-state index contributed by atoms with van der Waals surface area (Å²) in [6.45, 7) is 14.7. The van der Waals surface area contributed by atoms with Crippen LogP contribution in [0.1, 0.15) is 43.9 Å². The Morgan fingerprint density at radius 2 is 1.61 bits per heavy atom. The standard InChI is InChI=1S/C16H27NO/c1-12-10-13(2)15(14(3)11-12)18-9-7-8-17-16(4,5)6/h10-11,17H,7-9H2,1-6H3. The molecule has 0 aliphatic carbocycles. The fourth-order valence-corrected chi connectivity index (χ4v) is 2.10. The summed E-state index contributed by atoms with van der Waals surface area (Å²) in [5, 5.41) is 3.47. The summed E-state index contributed by atoms with van der Waals surface area (Å²) in [6, 6.07) is 4.35. The minimum absolute atomic E-state index is 0.190. The fraction of sp³-hybridized carbons (Fsp3) is 0.625. The van der Waals surface area contributed by atoms with Gasteiger partial charge in [0.15, 0.2) is 0 Å². The van der Waals surface area contributed by atoms with Crippen molar-refractivity contribution in [2.24, 2.45) is 0 Å². The summed E-state index contributed by atoms with van der Waals surface area (Å²) in [4.78, 5) is 0. The number of rotatable bonds is 5. The average molecular weight is 249 g/mol. The molecule has 0 aromatic heterocycles. The number of hydrogen-bond acceptors (Lipinski definition) is 2. The van der Waals surface area contributed by atoms with Crippen molar-refractivity contribution in [3.8, 4) is 5.75 Å². The third-order valence-electron chi connectivity index (χ3n) is 2.83. The van der Waals surface area contributed by atoms with Gasteiger partial charge in [-0.25, -0.2) is 0 Å². The van der Waals surface area contributed by atoms with Gasteiger partial charge in [-0.1, -0.05) is 17.7 Å². The molecule has 0 heterocycles. The van der Waals surface area contributed by atoms with Gasteiger partial charge < -0.3 is 10.1 Å². The van der Waals surface area contributed by atoms with Crippen LogP contribution in [0.3, 0.4) is 0 Å². The third kappa shape index (κ3) is 5.09. The maximum Gasteiger partial charge on any atom is 0.125 e. The van der Waals surface area contributed by atoms with Crippen LogP contribution in [0.25, 0.3) is 0 Å². The largest absolute Gasteiger partial charge is 0.493 e. The minimum atomic E-state index is 0.190. The van der Waals surface area contributed by atoms with Gasteiger partial charge in [0, 0.05) is 5.54 Å². The topological polar surface area (TPSA) is 21.3 Å². The molecule has 0 fully saturated rings. The molecular formula is C16H27NO. The third-order valence-corrected chi connectivity index (χ3v) is 2.83. The number of hydrogen-bond donors (Lipinski definition) is 1. The molecule has 18 heavy (non-hydrogen) atoms. The van der Waals surface area contributed by atoms with Crippen LogP contribution in [0.15, 0.2) is 12.1 Å². The zero-order chi connectivity index (χ0) is 13.8. The number of aryl methyl sites for hydroxylation is 3. The van der Waals surface area contributed by atoms with E-state index in [0.29, 0.717) is 0 Å². The summed E-state index contributed by atoms with van der Waals surface area (Å²) >= 11 is 0. The normalized spacial score (nSPS) is 11.7. The highest BCUT2D eigenvalue weighted by atomic mass is 16.5. The first-order valence-electron chi connectivity index (χ1n) is 6.75. The summed E-state index contributed by atoms with van der Waals surface area (Å²) in [5.74, 6) is 1.05. The summed E-state index contributed by atoms with van der Waals surface area (Å²) < 4.78 is 5.90. The Kier molecular flexibility index (Phi) is 5.21. The predicted molar refractivity (Wildman–Crippen MR) is 78.5 cm³/mol. The molecule has 1 aromatic rings. The van der Waals surface area contributed by atoms with Gasteiger partial charge in [-0.2, -0.15) is 0 Å². The van der Waals surface area contributed by atoms with E-state index in [-0.39, 0.29) is 5.54 Å². The Morgan fingerprint density at radius 1 is 1.06 bits per heavy atom. The molecule has 0 bridgehead atoms. The second-order valence-electron chi connectivity index (χ2n) is 6.11. The Labute approximate surface area is 112 Å². The molecule has 2 nitrogen and oxygen atoms in total. The molecule has 1 aromatic carbocycles. The Morgan fingerprint density at radius 3 is 2.11 bits per heavy atom. The van der Waals surface area contributed by atoms with Gasteiger partial charge in [0.1, 0.15) is 5.75 Å². The molecule has 1 N–H and O–H groups in total. The van der Waals surface area contributed by atoms with Crippen molar-refractivity contribution in [2.45, 2.75) is 53.5 Å². The minimum Gasteiger partial charge on any atom is -0.493 e. The first-order chi connectivity index (χ1) is 8.29. The van der Waals surface area contributed by atoms with E-state index < -0.39 is 0 Å². The van der Waals surface area contributed by atoms with Gasteiger partial charge in [-0.05, 0) is 65.6 Å². The van der Waals surface area contributed by atoms with Crippen molar-refractivity contribution >= 4 is 0 Å². The average Bonchev–Trinajstić information content (AvgIpc) is 2.19. The van der Waals surface area contributed by atoms with Crippen molar-refractivity contribution in [1.82, 2.24) is 5.32 Å². The lowest BCUT2D eigenvalue weighted by Crippen LogP contribution is -2.36. The van der Waals surface area contributed by atoms with E-state index in [4.69, 9.17) is 4.74 Å². The first kappa shape index (κ1) is 15.0. The molecule has 0 saturated carbocycles. The highest BCUT2D eigenvalue weighted by Gasteiger charge is 2.08. The first-order valence-corrected chi connectivity index (χ1v) is 6.75. The maximum atomic E-state index is 5.90. The molecule has 0 saturated heterocycles. The number of nitrogens with one attached hydrogen (secondary N) is 1. The van der Waals surface area contributed by atoms with Crippen molar-refractivity contribution in [3.05, 3.63) is 28.8 Å². The van der Waals surface area contributed by atoms with Crippen LogP contribution < -0.4 is 10.1 Å². The van der Waals surface area contributed by atoms with Crippen LogP contribution in [-0.2, 0) is 0 Å². The van der Waals surface area contributed by atoms with Gasteiger partial charge in [0.05, 0.1) is 6.61 Å². The van der Waals surface area contributed by atoms with Gasteiger partial charge in [-0.15, -0.1) is 0 Å². The molecule has 1 rings (SSSR count). The lowest BCUT2D eigenvalue weighted by atomic mass is 10.1. The van der Waals surface area contributed by atoms with Crippen LogP contribution in [0, 0.1) is 20.8 Å². The Balaban J connectivity index is 2.41. The molecule has 0 unspecified atom stereocenters. The second-order valence-corrected chi connectivity index (χ2v) is 6.11. The van der Waals surface area contributed by atoms with E-state index in [1.165, 1.54) is 16.7 Å². The molecule has 102 valence electrons. The highest BCUT2D eigenvalue weighted by molar-refractivity contribution is 5.42. The maximum absolute atomic E-state index is 5.90. The van der Waals surface area contributed by atoms with Crippen LogP contribution in [0.2, 0.25) is 0 Å². The summed E-state index contributed by atoms with van der Waals surface area (Å²) in [5.41, 5.74) is 3.95. The molecule has 0 amide bonds. The Bertz CT molecular complexity index is 368. The fourth-order valence-electron chi connectivity index (χ4n) is 2.10. The van der Waals surface area contributed by atoms with E-state index in [2.05, 4.69) is 59.0 Å². The zero-order valence-corrected chi connectivity index (χ0v) is 12.7. The van der Waals surface area contributed by atoms with Crippen LogP contribution in [0.4, 0.5) is 0 Å². The molecule has 0 aliphatic rings. The van der Waals surface area contributed by atoms with E-state index in [0.717, 1.165) is 25.3 Å². The van der Waals surface area contributed by atoms with Gasteiger partial charge >= 0.3 is 0 Å². The summed E-state index contributed by atoms with van der Waals surface area (Å²) in [7, 11) is 0. The van der Waals surface area contributed by atoms with Crippen molar-refractivity contribution in [1.29, 1.82) is 0 Å². The predicted octanol–water partition coefficient (Wildman–Crippen LogP) is 3.77. The van der Waals surface area contributed by atoms with E-state index >= 15 is 0 Å². The highest BCUT2D eigenvalue weighted by Crippen LogP contribution is 2.24. The van der Waals surface area contributed by atoms with Crippen molar-refractivity contribution in [3.63, 3.8) is 0 Å². The van der Waals surface area contributed by atoms with E-state index in [1.54, 1.807) is 0 Å². The van der Waals surface area contributed by atoms with E-state index in [9.17, 15) is 0 Å². The molecule has 0 spiro atoms. The van der Waals surface area contributed by atoms with Crippen molar-refractivity contribution in [2.75, 3.05) is 13.2 Å². The van der Waals surface area contributed by atoms with Gasteiger partial charge in [-0.3, -0.25) is 0 Å². The zero-order valence-electron chi connectivity index (χ0n) is 12.7. The lowest BCUT2D eigenvalue weighted by molar-refractivity contribution is 0.295. The second kappa shape index (κ2) is 6.24. The van der Waals surface area contributed by atoms with Gasteiger partial charge in [0.25, 0.3) is 0 Å². The van der Waals surface area contributed by atoms with E-state index in [1.807, 2.05) is 0 Å². The van der Waals surface area contributed by atoms with Crippen molar-refractivity contribution < 1.29 is 4.74 Å². The molecule has 2 heteroatoms. The van der Waals surface area contributed by atoms with Crippen LogP contribution >= 0.6 is 0 Å². The summed E-state index contributed by atoms with van der Waals surface area (Å²) in [6.07, 6.45) is 1.03. The lowest BCUT2D eigenvalue weighted by Gasteiger charge is -2.20. The molecule has 0 radical (unpaired) electrons. The SMILES string of the molecule is Cc1cc(C)c(OCCCNC(C)(C)C)c(C)c1. The molecular weight excluding hydrogens is 222 g/mol. The van der Waals surface area contributed by atoms with Crippen LogP contribution in [0.5, 0.6) is 5.75 Å². The van der Waals surface area contributed by atoms with Crippen LogP contribution in [-0.4, -0.2) is 18.7 Å². The quantitative estimate of drug-likeness (QED) is 0.802. The van der Waals surface area contributed by atoms with Gasteiger partial charge in [0.2, 0.25) is 0 Å². The molecule has 0 aliphatic heterocycles. The monoisotopic (exact) mass is 249 g/mol.